The summed E-state index contributed by atoms with van der Waals surface area (Å²) < 4.78 is 7.31. The van der Waals surface area contributed by atoms with Crippen molar-refractivity contribution >= 4 is 29.9 Å². The molecule has 2 N–H and O–H groups in total. The number of benzene rings is 1. The standard InChI is InChI=1S/C18H26N4O.HI/c1-19-18(21-12-15-22-13-3-4-14-22)20-11-5-6-16-7-9-17(23-2)10-8-16;/h3-4,7-10,13-14H,5-6,11-12,15H2,1-2H3,(H2,19,20,21);1H. The van der Waals surface area contributed by atoms with Crippen LogP contribution < -0.4 is 15.4 Å². The van der Waals surface area contributed by atoms with Crippen molar-refractivity contribution < 1.29 is 4.74 Å². The van der Waals surface area contributed by atoms with Crippen LogP contribution in [-0.2, 0) is 13.0 Å². The van der Waals surface area contributed by atoms with E-state index in [1.54, 1.807) is 14.2 Å². The Bertz CT molecular complexity index is 582. The molecule has 0 saturated carbocycles. The van der Waals surface area contributed by atoms with Crippen molar-refractivity contribution in [2.75, 3.05) is 27.2 Å². The Balaban J connectivity index is 0.00000288. The second-order valence-corrected chi connectivity index (χ2v) is 5.30. The molecule has 0 aliphatic heterocycles. The molecule has 0 aliphatic carbocycles. The maximum absolute atomic E-state index is 5.17. The zero-order valence-corrected chi connectivity index (χ0v) is 16.7. The Kier molecular flexibility index (Phi) is 9.98. The van der Waals surface area contributed by atoms with Gasteiger partial charge in [0.05, 0.1) is 7.11 Å². The number of aliphatic imine (C=N–C) groups is 1. The van der Waals surface area contributed by atoms with Crippen LogP contribution in [0.4, 0.5) is 0 Å². The Morgan fingerprint density at radius 2 is 1.75 bits per heavy atom. The van der Waals surface area contributed by atoms with Crippen LogP contribution in [0.5, 0.6) is 5.75 Å². The summed E-state index contributed by atoms with van der Waals surface area (Å²) in [6.07, 6.45) is 6.22. The van der Waals surface area contributed by atoms with Crippen molar-refractivity contribution in [1.29, 1.82) is 0 Å². The van der Waals surface area contributed by atoms with E-state index in [9.17, 15) is 0 Å². The number of hydrogen-bond donors (Lipinski definition) is 2. The normalized spacial score (nSPS) is 10.8. The SMILES string of the molecule is CN=C(NCCCc1ccc(OC)cc1)NCCn1cccc1.I. The molecular weight excluding hydrogens is 415 g/mol. The molecular formula is C18H27IN4O. The van der Waals surface area contributed by atoms with Gasteiger partial charge in [-0.1, -0.05) is 12.1 Å². The second-order valence-electron chi connectivity index (χ2n) is 5.30. The minimum atomic E-state index is 0. The van der Waals surface area contributed by atoms with Gasteiger partial charge in [-0.3, -0.25) is 4.99 Å². The molecule has 0 unspecified atom stereocenters. The highest BCUT2D eigenvalue weighted by atomic mass is 127. The van der Waals surface area contributed by atoms with Crippen LogP contribution in [0.25, 0.3) is 0 Å². The maximum atomic E-state index is 5.17. The average molecular weight is 442 g/mol. The molecule has 0 bridgehead atoms. The maximum Gasteiger partial charge on any atom is 0.191 e. The predicted molar refractivity (Wildman–Crippen MR) is 111 cm³/mol. The molecule has 1 heterocycles. The van der Waals surface area contributed by atoms with Crippen molar-refractivity contribution in [3.05, 3.63) is 54.4 Å². The zero-order chi connectivity index (χ0) is 16.3. The predicted octanol–water partition coefficient (Wildman–Crippen LogP) is 2.91. The third-order valence-electron chi connectivity index (χ3n) is 3.65. The lowest BCUT2D eigenvalue weighted by molar-refractivity contribution is 0.414. The molecule has 5 nitrogen and oxygen atoms in total. The van der Waals surface area contributed by atoms with Crippen molar-refractivity contribution in [3.63, 3.8) is 0 Å². The van der Waals surface area contributed by atoms with Crippen LogP contribution in [-0.4, -0.2) is 37.8 Å². The monoisotopic (exact) mass is 442 g/mol. The first kappa shape index (κ1) is 20.3. The average Bonchev–Trinajstić information content (AvgIpc) is 3.11. The first-order valence-corrected chi connectivity index (χ1v) is 8.00. The summed E-state index contributed by atoms with van der Waals surface area (Å²) in [4.78, 5) is 4.24. The van der Waals surface area contributed by atoms with Crippen LogP contribution in [0.2, 0.25) is 0 Å². The number of methoxy groups -OCH3 is 1. The topological polar surface area (TPSA) is 50.6 Å². The summed E-state index contributed by atoms with van der Waals surface area (Å²) >= 11 is 0. The van der Waals surface area contributed by atoms with E-state index in [4.69, 9.17) is 4.74 Å². The Morgan fingerprint density at radius 1 is 1.08 bits per heavy atom. The Hall–Kier alpha value is -1.70. The van der Waals surface area contributed by atoms with Gasteiger partial charge < -0.3 is 19.9 Å². The fourth-order valence-electron chi connectivity index (χ4n) is 2.33. The van der Waals surface area contributed by atoms with E-state index in [1.807, 2.05) is 24.3 Å². The molecule has 0 saturated heterocycles. The smallest absolute Gasteiger partial charge is 0.191 e. The Labute approximate surface area is 161 Å². The number of ether oxygens (including phenoxy) is 1. The van der Waals surface area contributed by atoms with Crippen LogP contribution in [0.3, 0.4) is 0 Å². The largest absolute Gasteiger partial charge is 0.497 e. The molecule has 132 valence electrons. The van der Waals surface area contributed by atoms with Crippen LogP contribution >= 0.6 is 24.0 Å². The van der Waals surface area contributed by atoms with E-state index in [1.165, 1.54) is 5.56 Å². The second kappa shape index (κ2) is 11.8. The lowest BCUT2D eigenvalue weighted by Crippen LogP contribution is -2.39. The molecule has 0 radical (unpaired) electrons. The van der Waals surface area contributed by atoms with Gasteiger partial charge in [0.2, 0.25) is 0 Å². The minimum absolute atomic E-state index is 0. The van der Waals surface area contributed by atoms with E-state index < -0.39 is 0 Å². The van der Waals surface area contributed by atoms with Gasteiger partial charge in [0.1, 0.15) is 5.75 Å². The Morgan fingerprint density at radius 3 is 2.38 bits per heavy atom. The number of aromatic nitrogens is 1. The lowest BCUT2D eigenvalue weighted by atomic mass is 10.1. The first-order chi connectivity index (χ1) is 11.3. The van der Waals surface area contributed by atoms with E-state index >= 15 is 0 Å². The van der Waals surface area contributed by atoms with E-state index in [-0.39, 0.29) is 24.0 Å². The lowest BCUT2D eigenvalue weighted by Gasteiger charge is -2.12. The summed E-state index contributed by atoms with van der Waals surface area (Å²) in [7, 11) is 3.49. The zero-order valence-electron chi connectivity index (χ0n) is 14.4. The van der Waals surface area contributed by atoms with Gasteiger partial charge in [-0.25, -0.2) is 0 Å². The number of guanidine groups is 1. The highest BCUT2D eigenvalue weighted by Gasteiger charge is 1.98. The highest BCUT2D eigenvalue weighted by molar-refractivity contribution is 14.0. The molecule has 1 aromatic heterocycles. The third kappa shape index (κ3) is 7.25. The third-order valence-corrected chi connectivity index (χ3v) is 3.65. The number of halogens is 1. The fourth-order valence-corrected chi connectivity index (χ4v) is 2.33. The van der Waals surface area contributed by atoms with Crippen molar-refractivity contribution in [1.82, 2.24) is 15.2 Å². The van der Waals surface area contributed by atoms with Crippen LogP contribution in [0.1, 0.15) is 12.0 Å². The van der Waals surface area contributed by atoms with Gasteiger partial charge in [-0.2, -0.15) is 0 Å². The molecule has 2 rings (SSSR count). The van der Waals surface area contributed by atoms with Gasteiger partial charge in [-0.05, 0) is 42.7 Å². The van der Waals surface area contributed by atoms with Crippen LogP contribution in [0, 0.1) is 0 Å². The van der Waals surface area contributed by atoms with Gasteiger partial charge in [0.25, 0.3) is 0 Å². The number of nitrogens with zero attached hydrogens (tertiary/aromatic N) is 2. The van der Waals surface area contributed by atoms with Crippen LogP contribution in [0.15, 0.2) is 53.8 Å². The fraction of sp³-hybridized carbons (Fsp3) is 0.389. The molecule has 2 aromatic rings. The van der Waals surface area contributed by atoms with Gasteiger partial charge in [0, 0.05) is 39.1 Å². The molecule has 0 aliphatic rings. The molecule has 0 fully saturated rings. The summed E-state index contributed by atoms with van der Waals surface area (Å²) in [5.41, 5.74) is 1.32. The summed E-state index contributed by atoms with van der Waals surface area (Å²) in [5, 5.41) is 6.67. The summed E-state index contributed by atoms with van der Waals surface area (Å²) in [6, 6.07) is 12.3. The van der Waals surface area contributed by atoms with Crippen molar-refractivity contribution in [2.24, 2.45) is 4.99 Å². The molecule has 1 aromatic carbocycles. The van der Waals surface area contributed by atoms with E-state index in [0.717, 1.165) is 44.2 Å². The molecule has 0 spiro atoms. The molecule has 6 heteroatoms. The first-order valence-electron chi connectivity index (χ1n) is 8.00. The molecule has 0 atom stereocenters. The van der Waals surface area contributed by atoms with Gasteiger partial charge in [-0.15, -0.1) is 24.0 Å². The number of hydrogen-bond acceptors (Lipinski definition) is 2. The quantitative estimate of drug-likeness (QED) is 0.286. The molecule has 24 heavy (non-hydrogen) atoms. The number of nitrogens with one attached hydrogen (secondary N) is 2. The van der Waals surface area contributed by atoms with Gasteiger partial charge in [0.15, 0.2) is 5.96 Å². The summed E-state index contributed by atoms with van der Waals surface area (Å²) in [6.45, 7) is 2.68. The number of aryl methyl sites for hydroxylation is 1. The summed E-state index contributed by atoms with van der Waals surface area (Å²) in [5.74, 6) is 1.76. The highest BCUT2D eigenvalue weighted by Crippen LogP contribution is 2.12. The molecule has 0 amide bonds. The van der Waals surface area contributed by atoms with Gasteiger partial charge >= 0.3 is 0 Å². The van der Waals surface area contributed by atoms with E-state index in [2.05, 4.69) is 44.7 Å². The van der Waals surface area contributed by atoms with E-state index in [0.29, 0.717) is 0 Å². The minimum Gasteiger partial charge on any atom is -0.497 e. The number of rotatable bonds is 8. The van der Waals surface area contributed by atoms with Crippen molar-refractivity contribution in [2.45, 2.75) is 19.4 Å². The van der Waals surface area contributed by atoms with Crippen molar-refractivity contribution in [3.8, 4) is 5.75 Å².